The second kappa shape index (κ2) is 14.7. The van der Waals surface area contributed by atoms with Crippen LogP contribution < -0.4 is 5.32 Å². The van der Waals surface area contributed by atoms with Crippen LogP contribution in [0.5, 0.6) is 0 Å². The largest absolute Gasteiger partial charge is 0.480 e. The Morgan fingerprint density at radius 1 is 1.18 bits per heavy atom. The number of fused-ring (bicyclic) bond motifs is 1. The van der Waals surface area contributed by atoms with Gasteiger partial charge < -0.3 is 25.4 Å². The molecule has 0 aliphatic carbocycles. The Hall–Kier alpha value is -3.25. The molecule has 12 heteroatoms. The van der Waals surface area contributed by atoms with Gasteiger partial charge in [-0.3, -0.25) is 14.3 Å². The molecule has 0 unspecified atom stereocenters. The van der Waals surface area contributed by atoms with Crippen molar-refractivity contribution in [2.75, 3.05) is 38.2 Å². The van der Waals surface area contributed by atoms with Gasteiger partial charge in [-0.25, -0.2) is 19.6 Å². The summed E-state index contributed by atoms with van der Waals surface area (Å²) in [6.07, 6.45) is 3.57. The van der Waals surface area contributed by atoms with Gasteiger partial charge in [-0.15, -0.1) is 0 Å². The number of ether oxygens (including phenoxy) is 1. The van der Waals surface area contributed by atoms with Crippen molar-refractivity contribution in [2.45, 2.75) is 39.3 Å². The fourth-order valence-electron chi connectivity index (χ4n) is 3.19. The maximum Gasteiger partial charge on any atom is 0.414 e. The molecule has 4 N–H and O–H groups in total. The molecule has 2 aromatic rings. The number of hydrogen-bond acceptors (Lipinski definition) is 8. The molecule has 0 aromatic carbocycles. The maximum atomic E-state index is 10.8. The Morgan fingerprint density at radius 2 is 1.82 bits per heavy atom. The number of nitrogens with one attached hydrogen (secondary N) is 1. The third kappa shape index (κ3) is 9.41. The van der Waals surface area contributed by atoms with Gasteiger partial charge in [-0.2, -0.15) is 0 Å². The number of piperidine rings is 1. The Balaban J connectivity index is 0.000000593. The molecule has 0 atom stereocenters. The molecule has 12 nitrogen and oxygen atoms in total. The van der Waals surface area contributed by atoms with Crippen LogP contribution in [0.4, 0.5) is 5.95 Å². The molecule has 2 aromatic heterocycles. The first kappa shape index (κ1) is 27.8. The Bertz CT molecular complexity index is 882. The zero-order valence-corrected chi connectivity index (χ0v) is 18.9. The molecule has 183 valence electrons. The SMILES string of the molecule is CCOCCn1c(NC2CCN(CC(=O)O)CC2)nc2cccnc21.O=C(O)C(=O)O.[CH2]C. The van der Waals surface area contributed by atoms with E-state index >= 15 is 0 Å². The first-order chi connectivity index (χ1) is 15.8. The molecule has 1 saturated heterocycles. The maximum absolute atomic E-state index is 10.8. The molecule has 0 spiro atoms. The highest BCUT2D eigenvalue weighted by atomic mass is 16.5. The summed E-state index contributed by atoms with van der Waals surface area (Å²) in [5, 5.41) is 27.2. The lowest BCUT2D eigenvalue weighted by molar-refractivity contribution is -0.159. The quantitative estimate of drug-likeness (QED) is 0.328. The van der Waals surface area contributed by atoms with Gasteiger partial charge in [0.1, 0.15) is 5.52 Å². The minimum absolute atomic E-state index is 0.115. The summed E-state index contributed by atoms with van der Waals surface area (Å²) in [6, 6.07) is 4.13. The molecule has 0 bridgehead atoms. The first-order valence-corrected chi connectivity index (χ1v) is 10.6. The number of pyridine rings is 1. The van der Waals surface area contributed by atoms with Crippen molar-refractivity contribution in [3.63, 3.8) is 0 Å². The standard InChI is InChI=1S/C17H25N5O3.C2H2O4.C2H5/c1-2-25-11-10-22-16-14(4-3-7-18-16)20-17(22)19-13-5-8-21(9-6-13)12-15(23)24;3-1(4)2(5)6;1-2/h3-4,7,13H,2,5-6,8-12H2,1H3,(H,19,20)(H,23,24);(H,3,4)(H,5,6);1H2,2H3. The van der Waals surface area contributed by atoms with Crippen LogP contribution in [0.1, 0.15) is 26.7 Å². The first-order valence-electron chi connectivity index (χ1n) is 10.6. The van der Waals surface area contributed by atoms with Crippen LogP contribution in [-0.4, -0.2) is 91.6 Å². The average molecular weight is 467 g/mol. The smallest absolute Gasteiger partial charge is 0.414 e. The minimum Gasteiger partial charge on any atom is -0.480 e. The molecule has 3 rings (SSSR count). The van der Waals surface area contributed by atoms with Crippen LogP contribution in [0, 0.1) is 6.92 Å². The summed E-state index contributed by atoms with van der Waals surface area (Å²) in [5.41, 5.74) is 1.72. The number of aromatic nitrogens is 3. The summed E-state index contributed by atoms with van der Waals surface area (Å²) in [5.74, 6) is -3.61. The summed E-state index contributed by atoms with van der Waals surface area (Å²) < 4.78 is 7.55. The fraction of sp³-hybridized carbons (Fsp3) is 0.524. The average Bonchev–Trinajstić information content (AvgIpc) is 3.14. The lowest BCUT2D eigenvalue weighted by Crippen LogP contribution is -2.41. The highest BCUT2D eigenvalue weighted by Crippen LogP contribution is 2.21. The van der Waals surface area contributed by atoms with E-state index in [4.69, 9.17) is 29.6 Å². The molecule has 1 aliphatic rings. The number of imidazole rings is 1. The van der Waals surface area contributed by atoms with Gasteiger partial charge in [0.15, 0.2) is 5.65 Å². The number of carbonyl (C=O) groups is 3. The zero-order chi connectivity index (χ0) is 24.8. The van der Waals surface area contributed by atoms with Crippen molar-refractivity contribution in [2.24, 2.45) is 0 Å². The highest BCUT2D eigenvalue weighted by molar-refractivity contribution is 6.27. The lowest BCUT2D eigenvalue weighted by atomic mass is 10.1. The van der Waals surface area contributed by atoms with E-state index in [0.29, 0.717) is 19.8 Å². The predicted molar refractivity (Wildman–Crippen MR) is 121 cm³/mol. The van der Waals surface area contributed by atoms with Gasteiger partial charge in [-0.1, -0.05) is 13.8 Å². The van der Waals surface area contributed by atoms with E-state index in [9.17, 15) is 4.79 Å². The van der Waals surface area contributed by atoms with Crippen molar-refractivity contribution in [1.29, 1.82) is 0 Å². The van der Waals surface area contributed by atoms with Gasteiger partial charge in [0.2, 0.25) is 5.95 Å². The van der Waals surface area contributed by atoms with Crippen molar-refractivity contribution in [3.8, 4) is 0 Å². The van der Waals surface area contributed by atoms with E-state index in [1.54, 1.807) is 13.1 Å². The minimum atomic E-state index is -1.82. The molecular weight excluding hydrogens is 434 g/mol. The molecule has 1 aliphatic heterocycles. The molecular formula is C21H32N5O7. The van der Waals surface area contributed by atoms with E-state index in [-0.39, 0.29) is 12.6 Å². The van der Waals surface area contributed by atoms with Crippen molar-refractivity contribution in [1.82, 2.24) is 19.4 Å². The summed E-state index contributed by atoms with van der Waals surface area (Å²) in [6.45, 7) is 10.7. The Morgan fingerprint density at radius 3 is 2.36 bits per heavy atom. The van der Waals surface area contributed by atoms with Gasteiger partial charge in [-0.05, 0) is 31.9 Å². The van der Waals surface area contributed by atoms with E-state index in [1.165, 1.54) is 0 Å². The van der Waals surface area contributed by atoms with Crippen molar-refractivity contribution in [3.05, 3.63) is 25.3 Å². The van der Waals surface area contributed by atoms with Gasteiger partial charge in [0, 0.05) is 31.9 Å². The van der Waals surface area contributed by atoms with Crippen LogP contribution in [0.2, 0.25) is 0 Å². The monoisotopic (exact) mass is 466 g/mol. The van der Waals surface area contributed by atoms with Crippen molar-refractivity contribution >= 4 is 35.0 Å². The number of hydrogen-bond donors (Lipinski definition) is 4. The number of likely N-dealkylation sites (tertiary alicyclic amines) is 1. The number of carboxylic acids is 3. The van der Waals surface area contributed by atoms with E-state index in [2.05, 4.69) is 26.8 Å². The van der Waals surface area contributed by atoms with Crippen LogP contribution in [0.3, 0.4) is 0 Å². The highest BCUT2D eigenvalue weighted by Gasteiger charge is 2.22. The van der Waals surface area contributed by atoms with Crippen LogP contribution in [-0.2, 0) is 25.7 Å². The summed E-state index contributed by atoms with van der Waals surface area (Å²) in [4.78, 5) is 40.1. The topological polar surface area (TPSA) is 167 Å². The summed E-state index contributed by atoms with van der Waals surface area (Å²) in [7, 11) is 0. The fourth-order valence-corrected chi connectivity index (χ4v) is 3.19. The second-order valence-electron chi connectivity index (χ2n) is 6.83. The van der Waals surface area contributed by atoms with E-state index in [1.807, 2.05) is 24.0 Å². The van der Waals surface area contributed by atoms with Gasteiger partial charge in [0.25, 0.3) is 0 Å². The molecule has 3 heterocycles. The number of rotatable bonds is 8. The molecule has 33 heavy (non-hydrogen) atoms. The number of carboxylic acid groups (broad SMARTS) is 3. The van der Waals surface area contributed by atoms with Crippen LogP contribution in [0.25, 0.3) is 11.2 Å². The third-order valence-corrected chi connectivity index (χ3v) is 4.63. The molecule has 0 amide bonds. The number of nitrogens with zero attached hydrogens (tertiary/aromatic N) is 4. The van der Waals surface area contributed by atoms with E-state index < -0.39 is 17.9 Å². The zero-order valence-electron chi connectivity index (χ0n) is 18.9. The summed E-state index contributed by atoms with van der Waals surface area (Å²) >= 11 is 0. The third-order valence-electron chi connectivity index (χ3n) is 4.63. The van der Waals surface area contributed by atoms with E-state index in [0.717, 1.165) is 43.0 Å². The van der Waals surface area contributed by atoms with Gasteiger partial charge in [0.05, 0.1) is 19.7 Å². The van der Waals surface area contributed by atoms with Crippen LogP contribution in [0.15, 0.2) is 18.3 Å². The van der Waals surface area contributed by atoms with Gasteiger partial charge >= 0.3 is 17.9 Å². The van der Waals surface area contributed by atoms with Crippen LogP contribution >= 0.6 is 0 Å². The Kier molecular flexibility index (Phi) is 12.4. The number of aliphatic carboxylic acids is 3. The van der Waals surface area contributed by atoms with Crippen molar-refractivity contribution < 1.29 is 34.4 Å². The molecule has 1 radical (unpaired) electrons. The molecule has 0 saturated carbocycles. The second-order valence-corrected chi connectivity index (χ2v) is 6.83. The lowest BCUT2D eigenvalue weighted by Gasteiger charge is -2.31. The normalized spacial score (nSPS) is 13.9. The predicted octanol–water partition coefficient (Wildman–Crippen LogP) is 1.42. The number of anilines is 1. The molecule has 1 fully saturated rings. The Labute approximate surface area is 192 Å².